The van der Waals surface area contributed by atoms with Crippen LogP contribution < -0.4 is 5.32 Å². The van der Waals surface area contributed by atoms with Gasteiger partial charge in [-0.25, -0.2) is 9.78 Å². The second-order valence-corrected chi connectivity index (χ2v) is 7.06. The lowest BCUT2D eigenvalue weighted by atomic mass is 10.1. The van der Waals surface area contributed by atoms with Crippen LogP contribution in [0.2, 0.25) is 0 Å². The molecule has 6 heteroatoms. The first-order valence-electron chi connectivity index (χ1n) is 9.59. The van der Waals surface area contributed by atoms with Crippen molar-refractivity contribution in [2.24, 2.45) is 0 Å². The number of ether oxygens (including phenoxy) is 1. The summed E-state index contributed by atoms with van der Waals surface area (Å²) >= 11 is 0. The summed E-state index contributed by atoms with van der Waals surface area (Å²) in [6.07, 6.45) is 0. The molecule has 0 radical (unpaired) electrons. The Bertz CT molecular complexity index is 1230. The van der Waals surface area contributed by atoms with Gasteiger partial charge in [-0.3, -0.25) is 4.79 Å². The van der Waals surface area contributed by atoms with Gasteiger partial charge >= 0.3 is 5.97 Å². The van der Waals surface area contributed by atoms with Crippen molar-refractivity contribution in [2.75, 3.05) is 11.9 Å². The standard InChI is InChI=1S/C24H21N3O3/c1-15-7-6-10-19(16(15)2)25-22(28)14-30-24(29)18-11-12-20-21(13-18)27-23(26-20)17-8-4-3-5-9-17/h3-13H,14H2,1-2H3,(H,25,28)(H,26,27). The number of imidazole rings is 1. The van der Waals surface area contributed by atoms with Crippen LogP contribution in [0.25, 0.3) is 22.4 Å². The van der Waals surface area contributed by atoms with E-state index < -0.39 is 5.97 Å². The molecule has 150 valence electrons. The molecule has 0 aliphatic rings. The number of fused-ring (bicyclic) bond motifs is 1. The molecular formula is C24H21N3O3. The van der Waals surface area contributed by atoms with Gasteiger partial charge in [0.2, 0.25) is 0 Å². The molecule has 0 unspecified atom stereocenters. The topological polar surface area (TPSA) is 84.1 Å². The summed E-state index contributed by atoms with van der Waals surface area (Å²) in [5, 5.41) is 2.78. The van der Waals surface area contributed by atoms with Crippen molar-refractivity contribution in [1.29, 1.82) is 0 Å². The average molecular weight is 399 g/mol. The average Bonchev–Trinajstić information content (AvgIpc) is 3.19. The highest BCUT2D eigenvalue weighted by molar-refractivity contribution is 5.97. The number of aromatic amines is 1. The summed E-state index contributed by atoms with van der Waals surface area (Å²) in [7, 11) is 0. The van der Waals surface area contributed by atoms with Gasteiger partial charge in [-0.05, 0) is 49.2 Å². The number of esters is 1. The Balaban J connectivity index is 1.43. The van der Waals surface area contributed by atoms with E-state index in [-0.39, 0.29) is 12.5 Å². The molecule has 6 nitrogen and oxygen atoms in total. The van der Waals surface area contributed by atoms with E-state index in [1.165, 1.54) is 0 Å². The molecule has 0 fully saturated rings. The molecule has 0 saturated heterocycles. The van der Waals surface area contributed by atoms with Gasteiger partial charge < -0.3 is 15.0 Å². The highest BCUT2D eigenvalue weighted by Gasteiger charge is 2.13. The summed E-state index contributed by atoms with van der Waals surface area (Å²) in [6, 6.07) is 20.5. The number of aromatic nitrogens is 2. The molecule has 4 rings (SSSR count). The Labute approximate surface area is 173 Å². The molecular weight excluding hydrogens is 378 g/mol. The first kappa shape index (κ1) is 19.4. The zero-order chi connectivity index (χ0) is 21.1. The van der Waals surface area contributed by atoms with Gasteiger partial charge in [0.15, 0.2) is 6.61 Å². The van der Waals surface area contributed by atoms with Crippen LogP contribution in [0.5, 0.6) is 0 Å². The first-order valence-corrected chi connectivity index (χ1v) is 9.59. The molecule has 0 spiro atoms. The molecule has 0 saturated carbocycles. The van der Waals surface area contributed by atoms with Crippen LogP contribution in [-0.2, 0) is 9.53 Å². The predicted octanol–water partition coefficient (Wildman–Crippen LogP) is 4.64. The van der Waals surface area contributed by atoms with E-state index in [0.29, 0.717) is 11.3 Å². The van der Waals surface area contributed by atoms with Gasteiger partial charge in [-0.15, -0.1) is 0 Å². The third-order valence-electron chi connectivity index (χ3n) is 4.98. The number of amides is 1. The van der Waals surface area contributed by atoms with E-state index in [0.717, 1.165) is 33.5 Å². The molecule has 0 atom stereocenters. The monoisotopic (exact) mass is 399 g/mol. The molecule has 2 N–H and O–H groups in total. The maximum absolute atomic E-state index is 12.4. The zero-order valence-electron chi connectivity index (χ0n) is 16.7. The van der Waals surface area contributed by atoms with Crippen molar-refractivity contribution in [3.05, 3.63) is 83.4 Å². The van der Waals surface area contributed by atoms with E-state index in [4.69, 9.17) is 4.74 Å². The molecule has 4 aromatic rings. The third kappa shape index (κ3) is 4.07. The minimum absolute atomic E-state index is 0.352. The van der Waals surface area contributed by atoms with E-state index in [2.05, 4.69) is 15.3 Å². The molecule has 1 heterocycles. The fraction of sp³-hybridized carbons (Fsp3) is 0.125. The Morgan fingerprint density at radius 3 is 2.60 bits per heavy atom. The van der Waals surface area contributed by atoms with Crippen LogP contribution in [0.4, 0.5) is 5.69 Å². The molecule has 0 bridgehead atoms. The number of nitrogens with zero attached hydrogens (tertiary/aromatic N) is 1. The lowest BCUT2D eigenvalue weighted by Crippen LogP contribution is -2.21. The van der Waals surface area contributed by atoms with Crippen molar-refractivity contribution < 1.29 is 14.3 Å². The van der Waals surface area contributed by atoms with E-state index in [1.54, 1.807) is 18.2 Å². The van der Waals surface area contributed by atoms with Crippen LogP contribution >= 0.6 is 0 Å². The van der Waals surface area contributed by atoms with E-state index >= 15 is 0 Å². The smallest absolute Gasteiger partial charge is 0.338 e. The van der Waals surface area contributed by atoms with Crippen LogP contribution in [0.3, 0.4) is 0 Å². The normalized spacial score (nSPS) is 10.7. The second kappa shape index (κ2) is 8.21. The molecule has 3 aromatic carbocycles. The summed E-state index contributed by atoms with van der Waals surface area (Å²) in [4.78, 5) is 32.4. The number of carbonyl (C=O) groups excluding carboxylic acids is 2. The minimum atomic E-state index is -0.566. The quantitative estimate of drug-likeness (QED) is 0.479. The van der Waals surface area contributed by atoms with Crippen LogP contribution in [0, 0.1) is 13.8 Å². The number of H-pyrrole nitrogens is 1. The Kier molecular flexibility index (Phi) is 5.30. The van der Waals surface area contributed by atoms with Crippen molar-refractivity contribution in [3.8, 4) is 11.4 Å². The first-order chi connectivity index (χ1) is 14.5. The zero-order valence-corrected chi connectivity index (χ0v) is 16.7. The Morgan fingerprint density at radius 2 is 1.80 bits per heavy atom. The third-order valence-corrected chi connectivity index (χ3v) is 4.98. The summed E-state index contributed by atoms with van der Waals surface area (Å²) in [5.41, 5.74) is 5.56. The van der Waals surface area contributed by atoms with Crippen LogP contribution in [-0.4, -0.2) is 28.5 Å². The fourth-order valence-corrected chi connectivity index (χ4v) is 3.16. The number of nitrogens with one attached hydrogen (secondary N) is 2. The number of rotatable bonds is 5. The Morgan fingerprint density at radius 1 is 1.00 bits per heavy atom. The number of aryl methyl sites for hydroxylation is 1. The Hall–Kier alpha value is -3.93. The molecule has 30 heavy (non-hydrogen) atoms. The van der Waals surface area contributed by atoms with Gasteiger partial charge in [0, 0.05) is 11.3 Å². The van der Waals surface area contributed by atoms with Gasteiger partial charge in [0.25, 0.3) is 5.91 Å². The van der Waals surface area contributed by atoms with Gasteiger partial charge in [-0.1, -0.05) is 42.5 Å². The predicted molar refractivity (Wildman–Crippen MR) is 116 cm³/mol. The number of benzene rings is 3. The van der Waals surface area contributed by atoms with Crippen molar-refractivity contribution >= 4 is 28.6 Å². The number of carbonyl (C=O) groups is 2. The SMILES string of the molecule is Cc1cccc(NC(=O)COC(=O)c2ccc3nc(-c4ccccc4)[nH]c3c2)c1C. The largest absolute Gasteiger partial charge is 0.452 e. The van der Waals surface area contributed by atoms with Crippen LogP contribution in [0.1, 0.15) is 21.5 Å². The van der Waals surface area contributed by atoms with Gasteiger partial charge in [0.05, 0.1) is 16.6 Å². The maximum Gasteiger partial charge on any atom is 0.338 e. The van der Waals surface area contributed by atoms with Crippen molar-refractivity contribution in [3.63, 3.8) is 0 Å². The van der Waals surface area contributed by atoms with Crippen molar-refractivity contribution in [2.45, 2.75) is 13.8 Å². The summed E-state index contributed by atoms with van der Waals surface area (Å²) in [5.74, 6) is -0.223. The maximum atomic E-state index is 12.4. The second-order valence-electron chi connectivity index (χ2n) is 7.06. The number of anilines is 1. The highest BCUT2D eigenvalue weighted by atomic mass is 16.5. The molecule has 0 aliphatic heterocycles. The summed E-state index contributed by atoms with van der Waals surface area (Å²) < 4.78 is 5.19. The van der Waals surface area contributed by atoms with Crippen molar-refractivity contribution in [1.82, 2.24) is 9.97 Å². The molecule has 1 amide bonds. The lowest BCUT2D eigenvalue weighted by Gasteiger charge is -2.10. The summed E-state index contributed by atoms with van der Waals surface area (Å²) in [6.45, 7) is 3.54. The minimum Gasteiger partial charge on any atom is -0.452 e. The number of hydrogen-bond acceptors (Lipinski definition) is 4. The molecule has 0 aliphatic carbocycles. The van der Waals surface area contributed by atoms with Gasteiger partial charge in [0.1, 0.15) is 5.82 Å². The van der Waals surface area contributed by atoms with E-state index in [1.807, 2.05) is 62.4 Å². The number of hydrogen-bond donors (Lipinski definition) is 2. The van der Waals surface area contributed by atoms with Crippen LogP contribution in [0.15, 0.2) is 66.7 Å². The van der Waals surface area contributed by atoms with E-state index in [9.17, 15) is 9.59 Å². The lowest BCUT2D eigenvalue weighted by molar-refractivity contribution is -0.119. The van der Waals surface area contributed by atoms with Gasteiger partial charge in [-0.2, -0.15) is 0 Å². The molecule has 1 aromatic heterocycles. The highest BCUT2D eigenvalue weighted by Crippen LogP contribution is 2.21. The fourth-order valence-electron chi connectivity index (χ4n) is 3.16.